The molecule has 0 unspecified atom stereocenters. The molecule has 1 amide bonds. The topological polar surface area (TPSA) is 103 Å². The van der Waals surface area contributed by atoms with Crippen molar-refractivity contribution in [3.8, 4) is 11.1 Å². The van der Waals surface area contributed by atoms with E-state index in [0.29, 0.717) is 24.3 Å². The Kier molecular flexibility index (Phi) is 7.68. The third kappa shape index (κ3) is 5.91. The second-order valence-electron chi connectivity index (χ2n) is 9.32. The number of aromatic nitrogens is 1. The number of carbonyl (C=O) groups is 2. The maximum Gasteiger partial charge on any atom is 0.338 e. The number of rotatable bonds is 9. The largest absolute Gasteiger partial charge is 0.462 e. The first kappa shape index (κ1) is 26.4. The Hall–Kier alpha value is -5.24. The Morgan fingerprint density at radius 2 is 1.45 bits per heavy atom. The number of carbonyl (C=O) groups excluding carboxylic acids is 2. The fourth-order valence-electron chi connectivity index (χ4n) is 4.51. The monoisotopic (exact) mass is 533 g/mol. The van der Waals surface area contributed by atoms with Crippen LogP contribution in [0.3, 0.4) is 0 Å². The van der Waals surface area contributed by atoms with Crippen LogP contribution in [0.4, 0.5) is 5.69 Å². The molecule has 0 radical (unpaired) electrons. The quantitative estimate of drug-likeness (QED) is 0.135. The highest BCUT2D eigenvalue weighted by atomic mass is 16.6. The van der Waals surface area contributed by atoms with Crippen molar-refractivity contribution in [1.29, 1.82) is 0 Å². The first-order valence-electron chi connectivity index (χ1n) is 12.9. The molecule has 40 heavy (non-hydrogen) atoms. The van der Waals surface area contributed by atoms with E-state index in [9.17, 15) is 19.7 Å². The summed E-state index contributed by atoms with van der Waals surface area (Å²) in [5.41, 5.74) is 6.11. The minimum Gasteiger partial charge on any atom is -0.462 e. The van der Waals surface area contributed by atoms with E-state index >= 15 is 0 Å². The molecule has 0 aliphatic carbocycles. The van der Waals surface area contributed by atoms with Crippen LogP contribution in [0.15, 0.2) is 103 Å². The molecule has 0 fully saturated rings. The van der Waals surface area contributed by atoms with Gasteiger partial charge in [-0.1, -0.05) is 48.5 Å². The van der Waals surface area contributed by atoms with Crippen molar-refractivity contribution in [2.75, 3.05) is 6.61 Å². The second kappa shape index (κ2) is 11.7. The van der Waals surface area contributed by atoms with Crippen molar-refractivity contribution in [2.45, 2.75) is 20.0 Å². The van der Waals surface area contributed by atoms with Gasteiger partial charge in [0.15, 0.2) is 0 Å². The molecule has 1 heterocycles. The van der Waals surface area contributed by atoms with Gasteiger partial charge in [0.2, 0.25) is 0 Å². The first-order chi connectivity index (χ1) is 19.4. The van der Waals surface area contributed by atoms with E-state index < -0.39 is 4.92 Å². The molecule has 0 bridgehead atoms. The van der Waals surface area contributed by atoms with E-state index in [1.54, 1.807) is 37.3 Å². The molecule has 4 aromatic carbocycles. The van der Waals surface area contributed by atoms with Gasteiger partial charge in [0.25, 0.3) is 11.6 Å². The summed E-state index contributed by atoms with van der Waals surface area (Å²) in [5, 5.41) is 14.6. The molecule has 8 nitrogen and oxygen atoms in total. The summed E-state index contributed by atoms with van der Waals surface area (Å²) < 4.78 is 7.18. The number of nitrogens with one attached hydrogen (secondary N) is 1. The highest BCUT2D eigenvalue weighted by Gasteiger charge is 2.11. The zero-order valence-electron chi connectivity index (χ0n) is 21.9. The average molecular weight is 534 g/mol. The Morgan fingerprint density at radius 1 is 0.825 bits per heavy atom. The molecule has 0 aliphatic rings. The van der Waals surface area contributed by atoms with Crippen molar-refractivity contribution < 1.29 is 19.2 Å². The summed E-state index contributed by atoms with van der Waals surface area (Å²) in [7, 11) is 0. The van der Waals surface area contributed by atoms with Gasteiger partial charge in [-0.2, -0.15) is 0 Å². The number of nitro groups is 1. The molecule has 5 aromatic rings. The Morgan fingerprint density at radius 3 is 2.10 bits per heavy atom. The highest BCUT2D eigenvalue weighted by Crippen LogP contribution is 2.23. The molecule has 0 saturated heterocycles. The zero-order chi connectivity index (χ0) is 28.1. The minimum absolute atomic E-state index is 0.0168. The van der Waals surface area contributed by atoms with Crippen LogP contribution in [0.5, 0.6) is 0 Å². The Labute approximate surface area is 231 Å². The van der Waals surface area contributed by atoms with E-state index in [0.717, 1.165) is 33.2 Å². The van der Waals surface area contributed by atoms with E-state index in [4.69, 9.17) is 4.74 Å². The normalized spacial score (nSPS) is 10.8. The van der Waals surface area contributed by atoms with Gasteiger partial charge in [0.1, 0.15) is 0 Å². The average Bonchev–Trinajstić information content (AvgIpc) is 3.38. The van der Waals surface area contributed by atoms with Crippen molar-refractivity contribution >= 4 is 28.5 Å². The summed E-state index contributed by atoms with van der Waals surface area (Å²) in [5.74, 6) is -0.530. The van der Waals surface area contributed by atoms with Crippen LogP contribution >= 0.6 is 0 Å². The standard InChI is InChI=1S/C32H27N3O5/c1-2-40-32(37)26-11-9-25(10-12-26)24-7-3-23(4-8-24)21-34-18-17-27-19-28(13-16-30(27)34)31(36)33-20-22-5-14-29(15-6-22)35(38)39/h3-19H,2,20-21H2,1H3,(H,33,36). The summed E-state index contributed by atoms with van der Waals surface area (Å²) >= 11 is 0. The van der Waals surface area contributed by atoms with Crippen LogP contribution in [-0.4, -0.2) is 28.0 Å². The third-order valence-electron chi connectivity index (χ3n) is 6.67. The Bertz CT molecular complexity index is 1670. The van der Waals surface area contributed by atoms with Gasteiger partial charge in [0, 0.05) is 47.9 Å². The van der Waals surface area contributed by atoms with E-state index in [2.05, 4.69) is 34.1 Å². The van der Waals surface area contributed by atoms with Gasteiger partial charge < -0.3 is 14.6 Å². The second-order valence-corrected chi connectivity index (χ2v) is 9.32. The zero-order valence-corrected chi connectivity index (χ0v) is 21.9. The lowest BCUT2D eigenvalue weighted by Crippen LogP contribution is -2.22. The fourth-order valence-corrected chi connectivity index (χ4v) is 4.51. The van der Waals surface area contributed by atoms with Crippen molar-refractivity contribution in [3.05, 3.63) is 136 Å². The SMILES string of the molecule is CCOC(=O)c1ccc(-c2ccc(Cn3ccc4cc(C(=O)NCc5ccc([N+](=O)[O-])cc5)ccc43)cc2)cc1. The smallest absolute Gasteiger partial charge is 0.338 e. The lowest BCUT2D eigenvalue weighted by atomic mass is 10.0. The van der Waals surface area contributed by atoms with Crippen LogP contribution in [0.25, 0.3) is 22.0 Å². The summed E-state index contributed by atoms with van der Waals surface area (Å²) in [6.07, 6.45) is 2.01. The van der Waals surface area contributed by atoms with E-state index in [1.807, 2.05) is 36.5 Å². The van der Waals surface area contributed by atoms with Crippen molar-refractivity contribution in [1.82, 2.24) is 9.88 Å². The van der Waals surface area contributed by atoms with Gasteiger partial charge in [0.05, 0.1) is 17.1 Å². The van der Waals surface area contributed by atoms with Gasteiger partial charge in [-0.15, -0.1) is 0 Å². The molecule has 8 heteroatoms. The molecule has 200 valence electrons. The van der Waals surface area contributed by atoms with Crippen LogP contribution in [0, 0.1) is 10.1 Å². The number of non-ortho nitro benzene ring substituents is 1. The molecule has 0 aliphatic heterocycles. The van der Waals surface area contributed by atoms with E-state index in [1.165, 1.54) is 12.1 Å². The number of hydrogen-bond acceptors (Lipinski definition) is 5. The Balaban J connectivity index is 1.22. The van der Waals surface area contributed by atoms with Gasteiger partial charge in [-0.3, -0.25) is 14.9 Å². The molecule has 0 spiro atoms. The maximum atomic E-state index is 12.7. The highest BCUT2D eigenvalue weighted by molar-refractivity contribution is 5.98. The maximum absolute atomic E-state index is 12.7. The van der Waals surface area contributed by atoms with Gasteiger partial charge in [-0.05, 0) is 65.6 Å². The summed E-state index contributed by atoms with van der Waals surface area (Å²) in [6.45, 7) is 3.09. The van der Waals surface area contributed by atoms with Crippen LogP contribution < -0.4 is 5.32 Å². The number of benzene rings is 4. The lowest BCUT2D eigenvalue weighted by molar-refractivity contribution is -0.384. The number of fused-ring (bicyclic) bond motifs is 1. The summed E-state index contributed by atoms with van der Waals surface area (Å²) in [4.78, 5) is 35.0. The molecular weight excluding hydrogens is 506 g/mol. The number of amides is 1. The van der Waals surface area contributed by atoms with Crippen molar-refractivity contribution in [2.24, 2.45) is 0 Å². The number of nitrogens with zero attached hydrogens (tertiary/aromatic N) is 2. The lowest BCUT2D eigenvalue weighted by Gasteiger charge is -2.09. The fraction of sp³-hybridized carbons (Fsp3) is 0.125. The minimum atomic E-state index is -0.450. The molecule has 1 aromatic heterocycles. The third-order valence-corrected chi connectivity index (χ3v) is 6.67. The predicted molar refractivity (Wildman–Crippen MR) is 153 cm³/mol. The van der Waals surface area contributed by atoms with Crippen LogP contribution in [-0.2, 0) is 17.8 Å². The number of nitro benzene ring substituents is 1. The number of ether oxygens (including phenoxy) is 1. The van der Waals surface area contributed by atoms with Crippen LogP contribution in [0.1, 0.15) is 38.8 Å². The molecule has 0 atom stereocenters. The molecule has 5 rings (SSSR count). The number of hydrogen-bond donors (Lipinski definition) is 1. The molecule has 1 N–H and O–H groups in total. The summed E-state index contributed by atoms with van der Waals surface area (Å²) in [6, 6.07) is 29.4. The molecular formula is C32H27N3O5. The van der Waals surface area contributed by atoms with E-state index in [-0.39, 0.29) is 24.1 Å². The van der Waals surface area contributed by atoms with Gasteiger partial charge >= 0.3 is 5.97 Å². The van der Waals surface area contributed by atoms with Crippen molar-refractivity contribution in [3.63, 3.8) is 0 Å². The first-order valence-corrected chi connectivity index (χ1v) is 12.9. The van der Waals surface area contributed by atoms with Crippen LogP contribution in [0.2, 0.25) is 0 Å². The molecule has 0 saturated carbocycles. The number of esters is 1. The van der Waals surface area contributed by atoms with Gasteiger partial charge in [-0.25, -0.2) is 4.79 Å². The predicted octanol–water partition coefficient (Wildman–Crippen LogP) is 6.37.